The largest absolute Gasteiger partial charge is 0.303 e. The highest BCUT2D eigenvalue weighted by Gasteiger charge is 2.07. The van der Waals surface area contributed by atoms with Gasteiger partial charge in [-0.2, -0.15) is 5.10 Å². The Labute approximate surface area is 91.0 Å². The fourth-order valence-electron chi connectivity index (χ4n) is 1.71. The van der Waals surface area contributed by atoms with Crippen molar-refractivity contribution in [2.75, 3.05) is 0 Å². The van der Waals surface area contributed by atoms with Crippen LogP contribution in [0.1, 0.15) is 0 Å². The van der Waals surface area contributed by atoms with Gasteiger partial charge in [-0.15, -0.1) is 0 Å². The molecular formula is C11H9FN4. The zero-order valence-corrected chi connectivity index (χ0v) is 8.63. The lowest BCUT2D eigenvalue weighted by Crippen LogP contribution is -1.92. The average Bonchev–Trinajstić information content (AvgIpc) is 2.82. The number of imidazole rings is 1. The minimum absolute atomic E-state index is 0.276. The number of pyridine rings is 1. The molecule has 0 aliphatic carbocycles. The van der Waals surface area contributed by atoms with Crippen molar-refractivity contribution in [1.82, 2.24) is 19.2 Å². The second-order valence-electron chi connectivity index (χ2n) is 3.58. The summed E-state index contributed by atoms with van der Waals surface area (Å²) in [7, 11) is 1.85. The van der Waals surface area contributed by atoms with Crippen LogP contribution in [-0.2, 0) is 7.05 Å². The van der Waals surface area contributed by atoms with Gasteiger partial charge in [0.2, 0.25) is 0 Å². The van der Waals surface area contributed by atoms with Gasteiger partial charge in [0.05, 0.1) is 5.69 Å². The predicted octanol–water partition coefficient (Wildman–Crippen LogP) is 1.87. The van der Waals surface area contributed by atoms with E-state index in [0.29, 0.717) is 0 Å². The van der Waals surface area contributed by atoms with Gasteiger partial charge in [0.15, 0.2) is 0 Å². The summed E-state index contributed by atoms with van der Waals surface area (Å²) in [6.45, 7) is 0. The first-order chi connectivity index (χ1) is 7.74. The second kappa shape index (κ2) is 3.16. The summed E-state index contributed by atoms with van der Waals surface area (Å²) in [4.78, 5) is 4.39. The van der Waals surface area contributed by atoms with E-state index in [1.54, 1.807) is 27.5 Å². The van der Waals surface area contributed by atoms with Crippen LogP contribution in [0.5, 0.6) is 0 Å². The fraction of sp³-hybridized carbons (Fsp3) is 0.0909. The molecule has 3 aromatic heterocycles. The Hall–Kier alpha value is -2.17. The molecule has 0 N–H and O–H groups in total. The number of rotatable bonds is 1. The van der Waals surface area contributed by atoms with Crippen LogP contribution < -0.4 is 0 Å². The molecule has 0 aromatic carbocycles. The molecule has 0 fully saturated rings. The van der Waals surface area contributed by atoms with Crippen molar-refractivity contribution >= 4 is 5.65 Å². The monoisotopic (exact) mass is 216 g/mol. The lowest BCUT2D eigenvalue weighted by molar-refractivity contribution is 0.619. The molecule has 0 saturated heterocycles. The molecule has 80 valence electrons. The van der Waals surface area contributed by atoms with Crippen molar-refractivity contribution in [1.29, 1.82) is 0 Å². The molecule has 0 spiro atoms. The Morgan fingerprint density at radius 1 is 1.19 bits per heavy atom. The van der Waals surface area contributed by atoms with Gasteiger partial charge in [-0.05, 0) is 18.2 Å². The minimum atomic E-state index is -0.276. The summed E-state index contributed by atoms with van der Waals surface area (Å²) in [6, 6.07) is 4.92. The third-order valence-electron chi connectivity index (χ3n) is 2.50. The van der Waals surface area contributed by atoms with Crippen molar-refractivity contribution in [3.05, 3.63) is 42.6 Å². The highest BCUT2D eigenvalue weighted by atomic mass is 19.1. The number of aryl methyl sites for hydroxylation is 1. The zero-order chi connectivity index (χ0) is 11.1. The summed E-state index contributed by atoms with van der Waals surface area (Å²) >= 11 is 0. The van der Waals surface area contributed by atoms with Gasteiger partial charge >= 0.3 is 0 Å². The first-order valence-corrected chi connectivity index (χ1v) is 4.87. The molecule has 16 heavy (non-hydrogen) atoms. The average molecular weight is 216 g/mol. The van der Waals surface area contributed by atoms with Crippen molar-refractivity contribution in [3.8, 4) is 11.4 Å². The van der Waals surface area contributed by atoms with E-state index >= 15 is 0 Å². The van der Waals surface area contributed by atoms with Crippen LogP contribution in [0.15, 0.2) is 36.8 Å². The molecule has 0 amide bonds. The van der Waals surface area contributed by atoms with E-state index in [1.165, 1.54) is 12.3 Å². The third kappa shape index (κ3) is 1.29. The molecule has 0 aliphatic heterocycles. The quantitative estimate of drug-likeness (QED) is 0.622. The molecule has 3 heterocycles. The number of hydrogen-bond donors (Lipinski definition) is 0. The van der Waals surface area contributed by atoms with Gasteiger partial charge in [-0.25, -0.2) is 9.37 Å². The van der Waals surface area contributed by atoms with E-state index in [-0.39, 0.29) is 5.82 Å². The van der Waals surface area contributed by atoms with Gasteiger partial charge in [-0.3, -0.25) is 4.68 Å². The third-order valence-corrected chi connectivity index (χ3v) is 2.50. The van der Waals surface area contributed by atoms with E-state index in [2.05, 4.69) is 10.1 Å². The Kier molecular flexibility index (Phi) is 1.80. The van der Waals surface area contributed by atoms with Crippen LogP contribution in [-0.4, -0.2) is 19.2 Å². The lowest BCUT2D eigenvalue weighted by atomic mass is 10.3. The SMILES string of the molecule is Cn1nccc1-c1cn2cc(F)ccc2n1. The van der Waals surface area contributed by atoms with Crippen LogP contribution in [0.3, 0.4) is 0 Å². The second-order valence-corrected chi connectivity index (χ2v) is 3.58. The molecule has 3 rings (SSSR count). The Morgan fingerprint density at radius 3 is 2.81 bits per heavy atom. The number of hydrogen-bond acceptors (Lipinski definition) is 2. The maximum absolute atomic E-state index is 13.0. The maximum Gasteiger partial charge on any atom is 0.139 e. The summed E-state index contributed by atoms with van der Waals surface area (Å²) in [5.41, 5.74) is 2.41. The van der Waals surface area contributed by atoms with Gasteiger partial charge < -0.3 is 4.40 Å². The van der Waals surface area contributed by atoms with Crippen LogP contribution in [0.4, 0.5) is 4.39 Å². The first-order valence-electron chi connectivity index (χ1n) is 4.87. The molecule has 0 radical (unpaired) electrons. The minimum Gasteiger partial charge on any atom is -0.303 e. The van der Waals surface area contributed by atoms with Crippen LogP contribution in [0, 0.1) is 5.82 Å². The summed E-state index contributed by atoms with van der Waals surface area (Å²) in [6.07, 6.45) is 4.90. The number of halogens is 1. The van der Waals surface area contributed by atoms with Crippen molar-refractivity contribution in [3.63, 3.8) is 0 Å². The molecule has 0 aliphatic rings. The van der Waals surface area contributed by atoms with Crippen LogP contribution in [0.25, 0.3) is 17.0 Å². The highest BCUT2D eigenvalue weighted by molar-refractivity contribution is 5.58. The lowest BCUT2D eigenvalue weighted by Gasteiger charge is -1.94. The summed E-state index contributed by atoms with van der Waals surface area (Å²) < 4.78 is 16.4. The van der Waals surface area contributed by atoms with E-state index in [4.69, 9.17) is 0 Å². The molecule has 0 unspecified atom stereocenters. The van der Waals surface area contributed by atoms with E-state index < -0.39 is 0 Å². The van der Waals surface area contributed by atoms with Crippen molar-refractivity contribution in [2.45, 2.75) is 0 Å². The summed E-state index contributed by atoms with van der Waals surface area (Å²) in [5.74, 6) is -0.276. The smallest absolute Gasteiger partial charge is 0.139 e. The molecule has 4 nitrogen and oxygen atoms in total. The van der Waals surface area contributed by atoms with Gasteiger partial charge in [0.25, 0.3) is 0 Å². The van der Waals surface area contributed by atoms with Gasteiger partial charge in [-0.1, -0.05) is 0 Å². The van der Waals surface area contributed by atoms with Crippen molar-refractivity contribution in [2.24, 2.45) is 7.05 Å². The highest BCUT2D eigenvalue weighted by Crippen LogP contribution is 2.18. The van der Waals surface area contributed by atoms with Gasteiger partial charge in [0, 0.05) is 25.6 Å². The van der Waals surface area contributed by atoms with E-state index in [0.717, 1.165) is 17.0 Å². The molecule has 3 aromatic rings. The van der Waals surface area contributed by atoms with Crippen LogP contribution >= 0.6 is 0 Å². The first kappa shape index (κ1) is 9.08. The topological polar surface area (TPSA) is 35.1 Å². The summed E-state index contributed by atoms with van der Waals surface area (Å²) in [5, 5.41) is 4.07. The molecule has 0 saturated carbocycles. The van der Waals surface area contributed by atoms with Crippen molar-refractivity contribution < 1.29 is 4.39 Å². The van der Waals surface area contributed by atoms with Crippen LogP contribution in [0.2, 0.25) is 0 Å². The number of aromatic nitrogens is 4. The Morgan fingerprint density at radius 2 is 2.06 bits per heavy atom. The Bertz CT molecular complexity index is 653. The molecule has 0 atom stereocenters. The standard InChI is InChI=1S/C11H9FN4/c1-15-10(4-5-13-15)9-7-16-6-8(12)2-3-11(16)14-9/h2-7H,1H3. The fourth-order valence-corrected chi connectivity index (χ4v) is 1.71. The van der Waals surface area contributed by atoms with Gasteiger partial charge in [0.1, 0.15) is 17.2 Å². The number of nitrogens with zero attached hydrogens (tertiary/aromatic N) is 4. The number of fused-ring (bicyclic) bond motifs is 1. The normalized spacial score (nSPS) is 11.1. The molecular weight excluding hydrogens is 207 g/mol. The van der Waals surface area contributed by atoms with E-state index in [1.807, 2.05) is 13.1 Å². The predicted molar refractivity (Wildman–Crippen MR) is 57.4 cm³/mol. The molecule has 5 heteroatoms. The molecule has 0 bridgehead atoms. The Balaban J connectivity index is 2.23. The zero-order valence-electron chi connectivity index (χ0n) is 8.63. The van der Waals surface area contributed by atoms with E-state index in [9.17, 15) is 4.39 Å². The maximum atomic E-state index is 13.0.